The molecule has 12 heteroatoms. The predicted molar refractivity (Wildman–Crippen MR) is 179 cm³/mol. The number of benzene rings is 4. The van der Waals surface area contributed by atoms with Crippen molar-refractivity contribution in [2.24, 2.45) is 20.5 Å². The molecule has 0 heterocycles. The average Bonchev–Trinajstić information content (AvgIpc) is 3.00. The minimum Gasteiger partial charge on any atom is -0.324 e. The zero-order valence-electron chi connectivity index (χ0n) is 25.4. The number of para-hydroxylation sites is 2. The molecule has 0 aliphatic heterocycles. The van der Waals surface area contributed by atoms with Gasteiger partial charge in [-0.05, 0) is 86.3 Å². The summed E-state index contributed by atoms with van der Waals surface area (Å²) in [4.78, 5) is 49.9. The Bertz CT molecular complexity index is 1740. The van der Waals surface area contributed by atoms with E-state index in [1.54, 1.807) is 60.7 Å². The molecule has 0 saturated carbocycles. The minimum atomic E-state index is -1.35. The van der Waals surface area contributed by atoms with Gasteiger partial charge in [0.15, 0.2) is 11.6 Å². The largest absolute Gasteiger partial charge is 0.324 e. The lowest BCUT2D eigenvalue weighted by Crippen LogP contribution is -2.32. The molecule has 2 atom stereocenters. The predicted octanol–water partition coefficient (Wildman–Crippen LogP) is 8.64. The number of carbonyl (C=O) groups excluding carboxylic acids is 4. The summed E-state index contributed by atoms with van der Waals surface area (Å²) in [5.41, 5.74) is 4.72. The number of halogens is 2. The Balaban J connectivity index is 1.47. The van der Waals surface area contributed by atoms with Crippen LogP contribution in [0.2, 0.25) is 10.0 Å². The number of Topliss-reactive ketones (excluding diaryl/α,β-unsaturated/α-hetero) is 2. The fourth-order valence-corrected chi connectivity index (χ4v) is 4.68. The van der Waals surface area contributed by atoms with Crippen molar-refractivity contribution >= 4 is 69.3 Å². The van der Waals surface area contributed by atoms with Gasteiger partial charge in [-0.25, -0.2) is 0 Å². The molecule has 4 aromatic rings. The van der Waals surface area contributed by atoms with Crippen molar-refractivity contribution in [3.05, 3.63) is 106 Å². The maximum atomic E-state index is 12.8. The van der Waals surface area contributed by atoms with Crippen molar-refractivity contribution in [3.8, 4) is 11.1 Å². The molecule has 4 aromatic carbocycles. The molecular weight excluding hydrogens is 627 g/mol. The van der Waals surface area contributed by atoms with Gasteiger partial charge in [-0.2, -0.15) is 20.5 Å². The molecule has 0 aliphatic carbocycles. The van der Waals surface area contributed by atoms with E-state index in [-0.39, 0.29) is 21.4 Å². The molecule has 234 valence electrons. The summed E-state index contributed by atoms with van der Waals surface area (Å²) in [7, 11) is 0. The minimum absolute atomic E-state index is 0.228. The number of amides is 2. The first kappa shape index (κ1) is 33.8. The second-order valence-electron chi connectivity index (χ2n) is 10.4. The molecule has 10 nitrogen and oxygen atoms in total. The van der Waals surface area contributed by atoms with Crippen molar-refractivity contribution in [1.29, 1.82) is 0 Å². The normalized spacial score (nSPS) is 12.6. The van der Waals surface area contributed by atoms with Crippen LogP contribution >= 0.6 is 23.2 Å². The van der Waals surface area contributed by atoms with Crippen molar-refractivity contribution in [2.45, 2.75) is 39.8 Å². The number of azo groups is 2. The molecule has 0 unspecified atom stereocenters. The summed E-state index contributed by atoms with van der Waals surface area (Å²) < 4.78 is 0. The van der Waals surface area contributed by atoms with Crippen LogP contribution in [0.15, 0.2) is 105 Å². The van der Waals surface area contributed by atoms with Gasteiger partial charge in [-0.3, -0.25) is 19.2 Å². The topological polar surface area (TPSA) is 142 Å². The molecule has 46 heavy (non-hydrogen) atoms. The number of hydrogen-bond acceptors (Lipinski definition) is 8. The van der Waals surface area contributed by atoms with E-state index >= 15 is 0 Å². The van der Waals surface area contributed by atoms with Crippen LogP contribution in [-0.2, 0) is 19.2 Å². The average molecular weight is 658 g/mol. The molecule has 2 amide bonds. The van der Waals surface area contributed by atoms with Crippen LogP contribution in [0, 0.1) is 13.8 Å². The van der Waals surface area contributed by atoms with Crippen molar-refractivity contribution in [1.82, 2.24) is 0 Å². The Morgan fingerprint density at radius 2 is 0.957 bits per heavy atom. The van der Waals surface area contributed by atoms with Crippen LogP contribution in [0.3, 0.4) is 0 Å². The van der Waals surface area contributed by atoms with Crippen molar-refractivity contribution in [2.75, 3.05) is 10.6 Å². The highest BCUT2D eigenvalue weighted by atomic mass is 35.5. The summed E-state index contributed by atoms with van der Waals surface area (Å²) in [5, 5.41) is 22.0. The molecule has 4 rings (SSSR count). The van der Waals surface area contributed by atoms with Gasteiger partial charge in [0.2, 0.25) is 12.1 Å². The van der Waals surface area contributed by atoms with E-state index in [1.807, 2.05) is 38.1 Å². The fourth-order valence-electron chi connectivity index (χ4n) is 4.24. The monoisotopic (exact) mass is 656 g/mol. The molecule has 0 saturated heterocycles. The Labute approximate surface area is 275 Å². The Morgan fingerprint density at radius 1 is 0.587 bits per heavy atom. The summed E-state index contributed by atoms with van der Waals surface area (Å²) >= 11 is 13.0. The first-order valence-electron chi connectivity index (χ1n) is 14.1. The maximum Gasteiger partial charge on any atom is 0.258 e. The smallest absolute Gasteiger partial charge is 0.258 e. The summed E-state index contributed by atoms with van der Waals surface area (Å²) in [6.07, 6.45) is 0. The first-order valence-corrected chi connectivity index (χ1v) is 14.8. The van der Waals surface area contributed by atoms with E-state index in [1.165, 1.54) is 13.8 Å². The van der Waals surface area contributed by atoms with Gasteiger partial charge in [0.05, 0.1) is 10.0 Å². The number of hydrogen-bond donors (Lipinski definition) is 2. The number of nitrogens with zero attached hydrogens (tertiary/aromatic N) is 4. The third kappa shape index (κ3) is 8.56. The van der Waals surface area contributed by atoms with Crippen molar-refractivity contribution in [3.63, 3.8) is 0 Å². The van der Waals surface area contributed by atoms with E-state index in [0.29, 0.717) is 22.5 Å². The summed E-state index contributed by atoms with van der Waals surface area (Å²) in [5.74, 6) is -2.16. The highest BCUT2D eigenvalue weighted by Gasteiger charge is 2.25. The van der Waals surface area contributed by atoms with Gasteiger partial charge < -0.3 is 10.6 Å². The van der Waals surface area contributed by atoms with E-state index in [9.17, 15) is 19.2 Å². The van der Waals surface area contributed by atoms with Gasteiger partial charge in [0, 0.05) is 11.4 Å². The molecule has 0 radical (unpaired) electrons. The highest BCUT2D eigenvalue weighted by molar-refractivity contribution is 6.34. The lowest BCUT2D eigenvalue weighted by atomic mass is 10.0. The summed E-state index contributed by atoms with van der Waals surface area (Å²) in [6.45, 7) is 6.20. The second-order valence-corrected chi connectivity index (χ2v) is 11.2. The Hall–Kier alpha value is -5.06. The third-order valence-corrected chi connectivity index (χ3v) is 7.47. The van der Waals surface area contributed by atoms with Gasteiger partial charge in [0.1, 0.15) is 11.4 Å². The Kier molecular flexibility index (Phi) is 11.2. The third-order valence-electron chi connectivity index (χ3n) is 6.86. The molecule has 0 spiro atoms. The SMILES string of the molecule is CC(=O)[C@@H](N=Nc1ccc(-c2ccc(N=N[C@@H](C(C)=O)C(=O)Nc3ccccc3C)c(Cl)c2)cc1Cl)C(=O)Nc1ccccc1C. The van der Waals surface area contributed by atoms with Crippen LogP contribution in [0.5, 0.6) is 0 Å². The molecule has 0 fully saturated rings. The van der Waals surface area contributed by atoms with Crippen LogP contribution in [-0.4, -0.2) is 35.5 Å². The standard InChI is InChI=1S/C34H30Cl2N6O4/c1-19-9-5-7-11-27(19)37-33(45)31(21(3)43)41-39-29-15-13-23(17-25(29)35)24-14-16-30(26(36)18-24)40-42-32(22(4)44)34(46)38-28-12-8-6-10-20(28)2/h5-18,31-32H,1-4H3,(H,37,45)(H,38,46)/t31-,32+. The number of anilines is 2. The van der Waals surface area contributed by atoms with E-state index < -0.39 is 35.5 Å². The van der Waals surface area contributed by atoms with Gasteiger partial charge >= 0.3 is 0 Å². The number of rotatable bonds is 11. The maximum absolute atomic E-state index is 12.8. The number of nitrogens with one attached hydrogen (secondary N) is 2. The lowest BCUT2D eigenvalue weighted by Gasteiger charge is -2.11. The molecule has 0 bridgehead atoms. The van der Waals surface area contributed by atoms with Gasteiger partial charge in [0.25, 0.3) is 11.8 Å². The van der Waals surface area contributed by atoms with Crippen LogP contribution in [0.1, 0.15) is 25.0 Å². The molecule has 2 N–H and O–H groups in total. The zero-order valence-corrected chi connectivity index (χ0v) is 26.9. The quantitative estimate of drug-likeness (QED) is 0.123. The lowest BCUT2D eigenvalue weighted by molar-refractivity contribution is -0.127. The molecule has 0 aliphatic rings. The second kappa shape index (κ2) is 15.3. The number of ketones is 2. The number of aryl methyl sites for hydroxylation is 2. The van der Waals surface area contributed by atoms with Gasteiger partial charge in [-0.15, -0.1) is 0 Å². The number of carbonyl (C=O) groups is 4. The molecular formula is C34H30Cl2N6O4. The van der Waals surface area contributed by atoms with Gasteiger partial charge in [-0.1, -0.05) is 71.7 Å². The fraction of sp³-hybridized carbons (Fsp3) is 0.176. The Morgan fingerprint density at radius 3 is 1.28 bits per heavy atom. The van der Waals surface area contributed by atoms with E-state index in [0.717, 1.165) is 11.1 Å². The molecule has 0 aromatic heterocycles. The summed E-state index contributed by atoms with van der Waals surface area (Å²) in [6, 6.07) is 21.6. The highest BCUT2D eigenvalue weighted by Crippen LogP contribution is 2.35. The van der Waals surface area contributed by atoms with E-state index in [4.69, 9.17) is 23.2 Å². The van der Waals surface area contributed by atoms with Crippen LogP contribution in [0.25, 0.3) is 11.1 Å². The van der Waals surface area contributed by atoms with Crippen molar-refractivity contribution < 1.29 is 19.2 Å². The van der Waals surface area contributed by atoms with Crippen LogP contribution in [0.4, 0.5) is 22.7 Å². The van der Waals surface area contributed by atoms with E-state index in [2.05, 4.69) is 31.1 Å². The van der Waals surface area contributed by atoms with Crippen LogP contribution < -0.4 is 10.6 Å². The first-order chi connectivity index (χ1) is 21.9. The zero-order chi connectivity index (χ0) is 33.4.